The normalized spacial score (nSPS) is 14.2. The van der Waals surface area contributed by atoms with Crippen LogP contribution in [0.5, 0.6) is 23.0 Å². The van der Waals surface area contributed by atoms with Crippen LogP contribution in [0.25, 0.3) is 0 Å². The minimum Gasteiger partial charge on any atom is -0.506 e. The third-order valence-electron chi connectivity index (χ3n) is 6.49. The van der Waals surface area contributed by atoms with Crippen LogP contribution in [0.15, 0.2) is 72.8 Å². The Bertz CT molecular complexity index is 1540. The number of hydrogen-bond acceptors (Lipinski definition) is 9. The third kappa shape index (κ3) is 3.60. The van der Waals surface area contributed by atoms with E-state index in [0.717, 1.165) is 9.80 Å². The van der Waals surface area contributed by atoms with Crippen LogP contribution < -0.4 is 26.0 Å². The molecule has 0 bridgehead atoms. The summed E-state index contributed by atoms with van der Waals surface area (Å²) in [6.45, 7) is 0. The number of nitrogen functional groups attached to an aromatic ring is 2. The van der Waals surface area contributed by atoms with Crippen molar-refractivity contribution < 1.29 is 34.1 Å². The summed E-state index contributed by atoms with van der Waals surface area (Å²) < 4.78 is 5.83. The first-order valence-electron chi connectivity index (χ1n) is 11.5. The Morgan fingerprint density at radius 2 is 0.821 bits per heavy atom. The summed E-state index contributed by atoms with van der Waals surface area (Å²) in [5, 5.41) is 19.6. The van der Waals surface area contributed by atoms with E-state index >= 15 is 0 Å². The molecule has 4 aromatic rings. The Kier molecular flexibility index (Phi) is 5.04. The summed E-state index contributed by atoms with van der Waals surface area (Å²) in [5.41, 5.74) is 12.3. The molecule has 0 atom stereocenters. The monoisotopic (exact) mass is 522 g/mol. The van der Waals surface area contributed by atoms with Gasteiger partial charge in [0.15, 0.2) is 0 Å². The number of rotatable bonds is 4. The van der Waals surface area contributed by atoms with Gasteiger partial charge in [-0.05, 0) is 72.8 Å². The molecule has 2 aliphatic heterocycles. The van der Waals surface area contributed by atoms with Gasteiger partial charge in [-0.1, -0.05) is 0 Å². The molecule has 6 rings (SSSR count). The van der Waals surface area contributed by atoms with E-state index in [2.05, 4.69) is 0 Å². The lowest BCUT2D eigenvalue weighted by atomic mass is 10.1. The predicted octanol–water partition coefficient (Wildman–Crippen LogP) is 3.66. The van der Waals surface area contributed by atoms with Crippen LogP contribution >= 0.6 is 0 Å². The number of phenolic OH excluding ortho intramolecular Hbond substituents is 2. The Balaban J connectivity index is 1.18. The Morgan fingerprint density at radius 3 is 1.15 bits per heavy atom. The van der Waals surface area contributed by atoms with E-state index in [9.17, 15) is 29.4 Å². The molecule has 0 spiro atoms. The van der Waals surface area contributed by atoms with Crippen LogP contribution in [-0.2, 0) is 0 Å². The smallest absolute Gasteiger partial charge is 0.266 e. The van der Waals surface area contributed by atoms with E-state index in [0.29, 0.717) is 22.9 Å². The van der Waals surface area contributed by atoms with Gasteiger partial charge in [-0.25, -0.2) is 9.80 Å². The van der Waals surface area contributed by atoms with Gasteiger partial charge in [0.25, 0.3) is 23.6 Å². The Hall–Kier alpha value is -5.84. The summed E-state index contributed by atoms with van der Waals surface area (Å²) in [7, 11) is 0. The number of imide groups is 2. The highest BCUT2D eigenvalue weighted by Gasteiger charge is 2.38. The fourth-order valence-corrected chi connectivity index (χ4v) is 4.52. The second kappa shape index (κ2) is 8.35. The molecular formula is C28H18N4O7. The minimum atomic E-state index is -0.583. The average molecular weight is 522 g/mol. The summed E-state index contributed by atoms with van der Waals surface area (Å²) in [6.07, 6.45) is 0. The van der Waals surface area contributed by atoms with Crippen molar-refractivity contribution >= 4 is 46.4 Å². The lowest BCUT2D eigenvalue weighted by Crippen LogP contribution is -2.29. The summed E-state index contributed by atoms with van der Waals surface area (Å²) in [6, 6.07) is 17.3. The second-order valence-electron chi connectivity index (χ2n) is 8.89. The molecular weight excluding hydrogens is 504 g/mol. The molecule has 0 aromatic heterocycles. The van der Waals surface area contributed by atoms with Gasteiger partial charge >= 0.3 is 0 Å². The number of fused-ring (bicyclic) bond motifs is 2. The highest BCUT2D eigenvalue weighted by atomic mass is 16.5. The highest BCUT2D eigenvalue weighted by Crippen LogP contribution is 2.36. The molecule has 39 heavy (non-hydrogen) atoms. The van der Waals surface area contributed by atoms with Gasteiger partial charge < -0.3 is 26.4 Å². The quantitative estimate of drug-likeness (QED) is 0.177. The highest BCUT2D eigenvalue weighted by molar-refractivity contribution is 6.35. The van der Waals surface area contributed by atoms with Crippen LogP contribution in [0, 0.1) is 0 Å². The number of carbonyl (C=O) groups is 4. The maximum Gasteiger partial charge on any atom is 0.266 e. The first-order chi connectivity index (χ1) is 18.6. The molecule has 6 N–H and O–H groups in total. The molecule has 2 heterocycles. The van der Waals surface area contributed by atoms with Crippen molar-refractivity contribution in [1.82, 2.24) is 0 Å². The molecule has 0 aliphatic carbocycles. The first-order valence-corrected chi connectivity index (χ1v) is 11.5. The van der Waals surface area contributed by atoms with E-state index < -0.39 is 23.6 Å². The SMILES string of the molecule is Nc1cc2c(cc1O)C(=O)N(c1ccc(Oc3ccc(N4C(=O)c5cc(N)c(O)cc5C4=O)cc3)cc1)C2=O. The molecule has 0 fully saturated rings. The van der Waals surface area contributed by atoms with E-state index in [1.165, 1.54) is 48.5 Å². The van der Waals surface area contributed by atoms with E-state index in [1.807, 2.05) is 0 Å². The lowest BCUT2D eigenvalue weighted by Gasteiger charge is -2.15. The van der Waals surface area contributed by atoms with Gasteiger partial charge in [0, 0.05) is 0 Å². The molecule has 4 amide bonds. The maximum absolute atomic E-state index is 12.8. The molecule has 0 radical (unpaired) electrons. The number of ether oxygens (including phenoxy) is 1. The Morgan fingerprint density at radius 1 is 0.513 bits per heavy atom. The van der Waals surface area contributed by atoms with E-state index in [-0.39, 0.29) is 45.1 Å². The standard InChI is InChI=1S/C28H18N4O7/c29-21-9-17-19(11-23(21)33)27(37)31(25(17)35)13-1-5-15(6-2-13)39-16-7-3-14(4-8-16)32-26(36)18-10-22(30)24(34)12-20(18)28(32)38/h1-12,33-34H,29-30H2. The molecule has 11 nitrogen and oxygen atoms in total. The van der Waals surface area contributed by atoms with Crippen LogP contribution in [0.3, 0.4) is 0 Å². The van der Waals surface area contributed by atoms with Gasteiger partial charge in [0.05, 0.1) is 45.0 Å². The van der Waals surface area contributed by atoms with Crippen LogP contribution in [-0.4, -0.2) is 33.8 Å². The molecule has 0 saturated carbocycles. The van der Waals surface area contributed by atoms with Gasteiger partial charge in [0.2, 0.25) is 0 Å². The third-order valence-corrected chi connectivity index (χ3v) is 6.49. The van der Waals surface area contributed by atoms with Crippen molar-refractivity contribution in [2.45, 2.75) is 0 Å². The summed E-state index contributed by atoms with van der Waals surface area (Å²) >= 11 is 0. The van der Waals surface area contributed by atoms with Gasteiger partial charge in [-0.2, -0.15) is 0 Å². The average Bonchev–Trinajstić information content (AvgIpc) is 3.29. The van der Waals surface area contributed by atoms with Crippen molar-refractivity contribution in [1.29, 1.82) is 0 Å². The molecule has 2 aliphatic rings. The van der Waals surface area contributed by atoms with Crippen molar-refractivity contribution in [2.24, 2.45) is 0 Å². The Labute approximate surface area is 220 Å². The first kappa shape index (κ1) is 23.6. The second-order valence-corrected chi connectivity index (χ2v) is 8.89. The van der Waals surface area contributed by atoms with Gasteiger partial charge in [0.1, 0.15) is 23.0 Å². The van der Waals surface area contributed by atoms with Crippen molar-refractivity contribution in [3.8, 4) is 23.0 Å². The number of benzene rings is 4. The number of anilines is 4. The summed E-state index contributed by atoms with van der Waals surface area (Å²) in [4.78, 5) is 53.2. The van der Waals surface area contributed by atoms with Crippen molar-refractivity contribution in [3.63, 3.8) is 0 Å². The predicted molar refractivity (Wildman–Crippen MR) is 140 cm³/mol. The fourth-order valence-electron chi connectivity index (χ4n) is 4.52. The van der Waals surface area contributed by atoms with Crippen LogP contribution in [0.4, 0.5) is 22.7 Å². The summed E-state index contributed by atoms with van der Waals surface area (Å²) in [5.74, 6) is -2.04. The molecule has 0 unspecified atom stereocenters. The zero-order valence-corrected chi connectivity index (χ0v) is 19.9. The van der Waals surface area contributed by atoms with E-state index in [1.54, 1.807) is 24.3 Å². The number of phenols is 2. The molecule has 11 heteroatoms. The van der Waals surface area contributed by atoms with Crippen LogP contribution in [0.2, 0.25) is 0 Å². The van der Waals surface area contributed by atoms with Gasteiger partial charge in [-0.3, -0.25) is 19.2 Å². The number of aromatic hydroxyl groups is 2. The number of nitrogens with two attached hydrogens (primary N) is 2. The lowest BCUT2D eigenvalue weighted by molar-refractivity contribution is 0.0910. The molecule has 0 saturated heterocycles. The largest absolute Gasteiger partial charge is 0.506 e. The number of hydrogen-bond donors (Lipinski definition) is 4. The topological polar surface area (TPSA) is 176 Å². The minimum absolute atomic E-state index is 0.00138. The molecule has 192 valence electrons. The zero-order chi connectivity index (χ0) is 27.6. The van der Waals surface area contributed by atoms with Crippen LogP contribution in [0.1, 0.15) is 41.4 Å². The molecule has 4 aromatic carbocycles. The number of carbonyl (C=O) groups excluding carboxylic acids is 4. The fraction of sp³-hybridized carbons (Fsp3) is 0. The zero-order valence-electron chi connectivity index (χ0n) is 19.9. The number of amides is 4. The van der Waals surface area contributed by atoms with Gasteiger partial charge in [-0.15, -0.1) is 0 Å². The van der Waals surface area contributed by atoms with Crippen molar-refractivity contribution in [2.75, 3.05) is 21.3 Å². The van der Waals surface area contributed by atoms with E-state index in [4.69, 9.17) is 16.2 Å². The maximum atomic E-state index is 12.8. The van der Waals surface area contributed by atoms with Crippen molar-refractivity contribution in [3.05, 3.63) is 95.1 Å². The number of nitrogens with zero attached hydrogens (tertiary/aromatic N) is 2.